The molecule has 6 nitrogen and oxygen atoms in total. The van der Waals surface area contributed by atoms with E-state index in [1.54, 1.807) is 25.3 Å². The van der Waals surface area contributed by atoms with E-state index in [1.807, 2.05) is 6.07 Å². The fourth-order valence-electron chi connectivity index (χ4n) is 2.89. The molecular formula is C17H21ClN4O2S. The van der Waals surface area contributed by atoms with Gasteiger partial charge in [0, 0.05) is 24.3 Å². The van der Waals surface area contributed by atoms with Crippen molar-refractivity contribution in [3.63, 3.8) is 0 Å². The van der Waals surface area contributed by atoms with Crippen LogP contribution in [0.5, 0.6) is 0 Å². The molecule has 2 aromatic rings. The average Bonchev–Trinajstić information content (AvgIpc) is 2.63. The van der Waals surface area contributed by atoms with Crippen LogP contribution >= 0.6 is 11.6 Å². The van der Waals surface area contributed by atoms with Gasteiger partial charge in [-0.3, -0.25) is 0 Å². The van der Waals surface area contributed by atoms with Gasteiger partial charge in [-0.25, -0.2) is 23.1 Å². The van der Waals surface area contributed by atoms with Crippen LogP contribution in [0.25, 0.3) is 0 Å². The van der Waals surface area contributed by atoms with Crippen LogP contribution in [-0.2, 0) is 16.6 Å². The van der Waals surface area contributed by atoms with Gasteiger partial charge in [0.1, 0.15) is 11.6 Å². The van der Waals surface area contributed by atoms with Crippen LogP contribution in [0.15, 0.2) is 35.4 Å². The maximum atomic E-state index is 12.5. The fourth-order valence-corrected chi connectivity index (χ4v) is 4.36. The van der Waals surface area contributed by atoms with E-state index in [0.29, 0.717) is 16.4 Å². The van der Waals surface area contributed by atoms with E-state index in [-0.39, 0.29) is 11.4 Å². The number of nitrogens with one attached hydrogen (secondary N) is 1. The van der Waals surface area contributed by atoms with Crippen molar-refractivity contribution in [2.24, 2.45) is 0 Å². The zero-order chi connectivity index (χ0) is 17.9. The zero-order valence-corrected chi connectivity index (χ0v) is 15.6. The number of halogens is 1. The van der Waals surface area contributed by atoms with E-state index in [4.69, 9.17) is 11.6 Å². The molecule has 0 spiro atoms. The summed E-state index contributed by atoms with van der Waals surface area (Å²) in [5.74, 6) is 1.30. The second-order valence-electron chi connectivity index (χ2n) is 6.07. The molecule has 0 radical (unpaired) electrons. The minimum atomic E-state index is -3.68. The van der Waals surface area contributed by atoms with Crippen LogP contribution < -0.4 is 9.62 Å². The number of aromatic nitrogens is 2. The van der Waals surface area contributed by atoms with Crippen molar-refractivity contribution >= 4 is 27.4 Å². The Morgan fingerprint density at radius 1 is 1.20 bits per heavy atom. The van der Waals surface area contributed by atoms with Gasteiger partial charge in [0.15, 0.2) is 0 Å². The first-order valence-corrected chi connectivity index (χ1v) is 10.1. The number of hydrogen-bond donors (Lipinski definition) is 1. The van der Waals surface area contributed by atoms with Gasteiger partial charge < -0.3 is 4.90 Å². The van der Waals surface area contributed by atoms with Gasteiger partial charge in [-0.15, -0.1) is 0 Å². The Kier molecular flexibility index (Phi) is 5.56. The Morgan fingerprint density at radius 2 is 1.96 bits per heavy atom. The predicted molar refractivity (Wildman–Crippen MR) is 98.3 cm³/mol. The molecule has 1 aliphatic rings. The van der Waals surface area contributed by atoms with Crippen LogP contribution in [0, 0.1) is 6.92 Å². The summed E-state index contributed by atoms with van der Waals surface area (Å²) in [7, 11) is -3.68. The molecule has 0 atom stereocenters. The van der Waals surface area contributed by atoms with Crippen molar-refractivity contribution in [3.05, 3.63) is 46.9 Å². The first-order chi connectivity index (χ1) is 12.0. The van der Waals surface area contributed by atoms with E-state index in [9.17, 15) is 8.42 Å². The summed E-state index contributed by atoms with van der Waals surface area (Å²) >= 11 is 6.02. The third-order valence-electron chi connectivity index (χ3n) is 4.30. The smallest absolute Gasteiger partial charge is 0.241 e. The van der Waals surface area contributed by atoms with E-state index in [1.165, 1.54) is 12.5 Å². The lowest BCUT2D eigenvalue weighted by Crippen LogP contribution is -2.31. The first-order valence-electron chi connectivity index (χ1n) is 8.29. The number of sulfonamides is 1. The summed E-state index contributed by atoms with van der Waals surface area (Å²) in [6, 6.07) is 6.69. The maximum Gasteiger partial charge on any atom is 0.241 e. The summed E-state index contributed by atoms with van der Waals surface area (Å²) in [5, 5.41) is 0.422. The van der Waals surface area contributed by atoms with Gasteiger partial charge in [-0.1, -0.05) is 17.7 Å². The molecule has 1 fully saturated rings. The van der Waals surface area contributed by atoms with Crippen molar-refractivity contribution in [2.75, 3.05) is 18.0 Å². The maximum absolute atomic E-state index is 12.5. The normalized spacial score (nSPS) is 15.4. The van der Waals surface area contributed by atoms with Crippen LogP contribution in [0.1, 0.15) is 30.7 Å². The molecule has 1 aromatic heterocycles. The Morgan fingerprint density at radius 3 is 2.72 bits per heavy atom. The lowest BCUT2D eigenvalue weighted by molar-refractivity contribution is 0.569. The first kappa shape index (κ1) is 18.1. The molecule has 1 aromatic carbocycles. The van der Waals surface area contributed by atoms with Gasteiger partial charge in [0.25, 0.3) is 0 Å². The van der Waals surface area contributed by atoms with Crippen LogP contribution in [0.4, 0.5) is 5.82 Å². The third kappa shape index (κ3) is 4.29. The van der Waals surface area contributed by atoms with Gasteiger partial charge in [0.2, 0.25) is 10.0 Å². The number of nitrogens with zero attached hydrogens (tertiary/aromatic N) is 3. The molecule has 0 unspecified atom stereocenters. The molecule has 8 heteroatoms. The summed E-state index contributed by atoms with van der Waals surface area (Å²) in [6.45, 7) is 3.67. The second kappa shape index (κ2) is 7.68. The topological polar surface area (TPSA) is 75.2 Å². The quantitative estimate of drug-likeness (QED) is 0.863. The molecule has 2 heterocycles. The second-order valence-corrected chi connectivity index (χ2v) is 8.21. The van der Waals surface area contributed by atoms with Gasteiger partial charge in [0.05, 0.1) is 11.4 Å². The Balaban J connectivity index is 1.73. The molecular weight excluding hydrogens is 360 g/mol. The number of benzene rings is 1. The molecule has 0 bridgehead atoms. The summed E-state index contributed by atoms with van der Waals surface area (Å²) in [6.07, 6.45) is 5.22. The van der Waals surface area contributed by atoms with E-state index in [2.05, 4.69) is 19.6 Å². The minimum Gasteiger partial charge on any atom is -0.357 e. The highest BCUT2D eigenvalue weighted by Gasteiger charge is 2.19. The van der Waals surface area contributed by atoms with Crippen molar-refractivity contribution in [2.45, 2.75) is 37.6 Å². The van der Waals surface area contributed by atoms with Gasteiger partial charge in [-0.05, 0) is 49.9 Å². The van der Waals surface area contributed by atoms with Crippen LogP contribution in [0.3, 0.4) is 0 Å². The SMILES string of the molecule is Cc1c(Cl)cccc1S(=O)(=O)NCc1nccc(N2CCCCC2)n1. The zero-order valence-electron chi connectivity index (χ0n) is 14.1. The predicted octanol–water partition coefficient (Wildman–Crippen LogP) is 2.91. The number of rotatable bonds is 5. The molecule has 0 amide bonds. The monoisotopic (exact) mass is 380 g/mol. The Bertz CT molecular complexity index is 851. The van der Waals surface area contributed by atoms with Gasteiger partial charge >= 0.3 is 0 Å². The summed E-state index contributed by atoms with van der Waals surface area (Å²) in [4.78, 5) is 11.1. The third-order valence-corrected chi connectivity index (χ3v) is 6.25. The van der Waals surface area contributed by atoms with Crippen LogP contribution in [-0.4, -0.2) is 31.5 Å². The minimum absolute atomic E-state index is 0.0377. The van der Waals surface area contributed by atoms with Gasteiger partial charge in [-0.2, -0.15) is 0 Å². The molecule has 0 saturated carbocycles. The molecule has 1 aliphatic heterocycles. The average molecular weight is 381 g/mol. The van der Waals surface area contributed by atoms with Crippen molar-refractivity contribution in [1.82, 2.24) is 14.7 Å². The van der Waals surface area contributed by atoms with E-state index >= 15 is 0 Å². The van der Waals surface area contributed by atoms with Crippen LogP contribution in [0.2, 0.25) is 5.02 Å². The van der Waals surface area contributed by atoms with Crippen molar-refractivity contribution in [3.8, 4) is 0 Å². The highest BCUT2D eigenvalue weighted by atomic mass is 35.5. The molecule has 134 valence electrons. The molecule has 25 heavy (non-hydrogen) atoms. The molecule has 3 rings (SSSR count). The fraction of sp³-hybridized carbons (Fsp3) is 0.412. The van der Waals surface area contributed by atoms with E-state index in [0.717, 1.165) is 31.7 Å². The number of anilines is 1. The van der Waals surface area contributed by atoms with Crippen molar-refractivity contribution < 1.29 is 8.42 Å². The Labute approximate surface area is 153 Å². The molecule has 0 aliphatic carbocycles. The summed E-state index contributed by atoms with van der Waals surface area (Å²) < 4.78 is 27.6. The number of piperidine rings is 1. The lowest BCUT2D eigenvalue weighted by atomic mass is 10.1. The highest BCUT2D eigenvalue weighted by Crippen LogP contribution is 2.23. The number of hydrogen-bond acceptors (Lipinski definition) is 5. The highest BCUT2D eigenvalue weighted by molar-refractivity contribution is 7.89. The lowest BCUT2D eigenvalue weighted by Gasteiger charge is -2.27. The van der Waals surface area contributed by atoms with E-state index < -0.39 is 10.0 Å². The standard InChI is InChI=1S/C17H21ClN4O2S/c1-13-14(18)6-5-7-15(13)25(23,24)20-12-16-19-9-8-17(21-16)22-10-3-2-4-11-22/h5-9,20H,2-4,10-12H2,1H3. The largest absolute Gasteiger partial charge is 0.357 e. The van der Waals surface area contributed by atoms with Crippen molar-refractivity contribution in [1.29, 1.82) is 0 Å². The Hall–Kier alpha value is -1.70. The molecule has 1 N–H and O–H groups in total. The molecule has 1 saturated heterocycles. The summed E-state index contributed by atoms with van der Waals surface area (Å²) in [5.41, 5.74) is 0.527.